The third-order valence-corrected chi connectivity index (χ3v) is 4.10. The van der Waals surface area contributed by atoms with Crippen molar-refractivity contribution in [3.05, 3.63) is 34.9 Å². The van der Waals surface area contributed by atoms with Crippen molar-refractivity contribution >= 4 is 23.4 Å². The predicted octanol–water partition coefficient (Wildman–Crippen LogP) is 2.50. The number of amides is 2. The molecule has 2 unspecified atom stereocenters. The van der Waals surface area contributed by atoms with Crippen LogP contribution in [0, 0.1) is 11.8 Å². The fourth-order valence-electron chi connectivity index (χ4n) is 2.82. The van der Waals surface area contributed by atoms with Crippen molar-refractivity contribution in [1.82, 2.24) is 5.32 Å². The zero-order valence-corrected chi connectivity index (χ0v) is 10.6. The van der Waals surface area contributed by atoms with Gasteiger partial charge in [0.1, 0.15) is 0 Å². The normalized spacial score (nSPS) is 28.1. The summed E-state index contributed by atoms with van der Waals surface area (Å²) >= 11 is 5.87. The molecule has 1 saturated heterocycles. The van der Waals surface area contributed by atoms with Gasteiger partial charge in [-0.3, -0.25) is 14.9 Å². The zero-order valence-electron chi connectivity index (χ0n) is 9.86. The highest BCUT2D eigenvalue weighted by molar-refractivity contribution is 6.30. The first-order valence-corrected chi connectivity index (χ1v) is 6.62. The molecule has 1 saturated carbocycles. The van der Waals surface area contributed by atoms with E-state index >= 15 is 0 Å². The van der Waals surface area contributed by atoms with Crippen LogP contribution >= 0.6 is 11.6 Å². The van der Waals surface area contributed by atoms with Gasteiger partial charge in [-0.25, -0.2) is 0 Å². The summed E-state index contributed by atoms with van der Waals surface area (Å²) in [5.74, 6) is 0.188. The van der Waals surface area contributed by atoms with Crippen molar-refractivity contribution in [2.24, 2.45) is 11.8 Å². The summed E-state index contributed by atoms with van der Waals surface area (Å²) in [6.07, 6.45) is 2.73. The molecule has 1 aliphatic carbocycles. The third-order valence-electron chi connectivity index (χ3n) is 3.85. The number of nitrogens with one attached hydrogen (secondary N) is 1. The van der Waals surface area contributed by atoms with Crippen LogP contribution in [0.4, 0.5) is 0 Å². The molecule has 18 heavy (non-hydrogen) atoms. The SMILES string of the molecule is O=C1CC(C2CC2)C(c2ccc(Cl)cc2)C(=O)N1. The summed E-state index contributed by atoms with van der Waals surface area (Å²) in [7, 11) is 0. The van der Waals surface area contributed by atoms with E-state index in [-0.39, 0.29) is 23.7 Å². The second-order valence-corrected chi connectivity index (χ2v) is 5.58. The van der Waals surface area contributed by atoms with E-state index in [2.05, 4.69) is 5.32 Å². The summed E-state index contributed by atoms with van der Waals surface area (Å²) in [5, 5.41) is 3.11. The average molecular weight is 264 g/mol. The summed E-state index contributed by atoms with van der Waals surface area (Å²) in [6, 6.07) is 7.37. The van der Waals surface area contributed by atoms with Crippen LogP contribution in [-0.2, 0) is 9.59 Å². The smallest absolute Gasteiger partial charge is 0.234 e. The van der Waals surface area contributed by atoms with Crippen LogP contribution in [-0.4, -0.2) is 11.8 Å². The highest BCUT2D eigenvalue weighted by Gasteiger charge is 2.44. The fraction of sp³-hybridized carbons (Fsp3) is 0.429. The van der Waals surface area contributed by atoms with Crippen LogP contribution in [0.5, 0.6) is 0 Å². The molecule has 2 atom stereocenters. The standard InChI is InChI=1S/C14H14ClNO2/c15-10-5-3-9(4-6-10)13-11(8-1-2-8)7-12(17)16-14(13)18/h3-6,8,11,13H,1-2,7H2,(H,16,17,18). The first-order valence-electron chi connectivity index (χ1n) is 6.24. The van der Waals surface area contributed by atoms with E-state index in [9.17, 15) is 9.59 Å². The van der Waals surface area contributed by atoms with E-state index < -0.39 is 0 Å². The van der Waals surface area contributed by atoms with Crippen molar-refractivity contribution in [2.45, 2.75) is 25.2 Å². The van der Waals surface area contributed by atoms with E-state index in [4.69, 9.17) is 11.6 Å². The Morgan fingerprint density at radius 2 is 1.78 bits per heavy atom. The number of benzene rings is 1. The van der Waals surface area contributed by atoms with Gasteiger partial charge in [-0.1, -0.05) is 23.7 Å². The maximum Gasteiger partial charge on any atom is 0.234 e. The Labute approximate surface area is 111 Å². The molecular weight excluding hydrogens is 250 g/mol. The van der Waals surface area contributed by atoms with Crippen molar-refractivity contribution < 1.29 is 9.59 Å². The van der Waals surface area contributed by atoms with E-state index in [0.29, 0.717) is 17.4 Å². The summed E-state index contributed by atoms with van der Waals surface area (Å²) in [5.41, 5.74) is 0.960. The molecule has 1 aromatic rings. The van der Waals surface area contributed by atoms with Gasteiger partial charge in [0.25, 0.3) is 0 Å². The third kappa shape index (κ3) is 2.15. The first-order chi connectivity index (χ1) is 8.65. The monoisotopic (exact) mass is 263 g/mol. The summed E-state index contributed by atoms with van der Waals surface area (Å²) in [4.78, 5) is 23.6. The minimum atomic E-state index is -0.201. The van der Waals surface area contributed by atoms with Crippen molar-refractivity contribution in [1.29, 1.82) is 0 Å². The molecule has 1 N–H and O–H groups in total. The van der Waals surface area contributed by atoms with Crippen LogP contribution in [0.2, 0.25) is 5.02 Å². The summed E-state index contributed by atoms with van der Waals surface area (Å²) in [6.45, 7) is 0. The molecule has 2 aliphatic rings. The quantitative estimate of drug-likeness (QED) is 0.834. The number of halogens is 1. The molecule has 0 spiro atoms. The molecule has 94 valence electrons. The van der Waals surface area contributed by atoms with Crippen LogP contribution in [0.1, 0.15) is 30.7 Å². The number of imide groups is 1. The van der Waals surface area contributed by atoms with Gasteiger partial charge in [0.15, 0.2) is 0 Å². The Morgan fingerprint density at radius 1 is 1.11 bits per heavy atom. The molecular formula is C14H14ClNO2. The largest absolute Gasteiger partial charge is 0.296 e. The lowest BCUT2D eigenvalue weighted by molar-refractivity contribution is -0.136. The number of rotatable bonds is 2. The lowest BCUT2D eigenvalue weighted by Gasteiger charge is -2.30. The number of hydrogen-bond acceptors (Lipinski definition) is 2. The topological polar surface area (TPSA) is 46.2 Å². The molecule has 1 heterocycles. The van der Waals surface area contributed by atoms with E-state index in [0.717, 1.165) is 18.4 Å². The zero-order chi connectivity index (χ0) is 12.7. The molecule has 4 heteroatoms. The number of piperidine rings is 1. The molecule has 1 aliphatic heterocycles. The maximum absolute atomic E-state index is 12.1. The summed E-state index contributed by atoms with van der Waals surface area (Å²) < 4.78 is 0. The Kier molecular flexibility index (Phi) is 2.86. The van der Waals surface area contributed by atoms with Crippen molar-refractivity contribution in [3.63, 3.8) is 0 Å². The average Bonchev–Trinajstić information content (AvgIpc) is 3.14. The van der Waals surface area contributed by atoms with Gasteiger partial charge in [-0.05, 0) is 42.4 Å². The molecule has 0 bridgehead atoms. The van der Waals surface area contributed by atoms with Gasteiger partial charge in [0.05, 0.1) is 5.92 Å². The van der Waals surface area contributed by atoms with Gasteiger partial charge in [0, 0.05) is 11.4 Å². The van der Waals surface area contributed by atoms with Gasteiger partial charge in [0.2, 0.25) is 11.8 Å². The lowest BCUT2D eigenvalue weighted by atomic mass is 9.78. The predicted molar refractivity (Wildman–Crippen MR) is 68.2 cm³/mol. The molecule has 1 aromatic carbocycles. The van der Waals surface area contributed by atoms with Crippen LogP contribution in [0.15, 0.2) is 24.3 Å². The van der Waals surface area contributed by atoms with Crippen LogP contribution in [0.25, 0.3) is 0 Å². The number of hydrogen-bond donors (Lipinski definition) is 1. The second kappa shape index (κ2) is 4.39. The van der Waals surface area contributed by atoms with Crippen LogP contribution < -0.4 is 5.32 Å². The first kappa shape index (κ1) is 11.7. The molecule has 3 nitrogen and oxygen atoms in total. The van der Waals surface area contributed by atoms with Gasteiger partial charge >= 0.3 is 0 Å². The minimum absolute atomic E-state index is 0.137. The second-order valence-electron chi connectivity index (χ2n) is 5.15. The van der Waals surface area contributed by atoms with Crippen molar-refractivity contribution in [2.75, 3.05) is 0 Å². The minimum Gasteiger partial charge on any atom is -0.296 e. The lowest BCUT2D eigenvalue weighted by Crippen LogP contribution is -2.45. The Morgan fingerprint density at radius 3 is 2.39 bits per heavy atom. The maximum atomic E-state index is 12.1. The number of carbonyl (C=O) groups excluding carboxylic acids is 2. The highest BCUT2D eigenvalue weighted by Crippen LogP contribution is 2.47. The van der Waals surface area contributed by atoms with E-state index in [1.165, 1.54) is 0 Å². The number of carbonyl (C=O) groups is 2. The Bertz CT molecular complexity index is 493. The molecule has 0 aromatic heterocycles. The molecule has 2 amide bonds. The van der Waals surface area contributed by atoms with E-state index in [1.807, 2.05) is 12.1 Å². The van der Waals surface area contributed by atoms with Gasteiger partial charge < -0.3 is 0 Å². The highest BCUT2D eigenvalue weighted by atomic mass is 35.5. The Balaban J connectivity index is 1.93. The van der Waals surface area contributed by atoms with E-state index in [1.54, 1.807) is 12.1 Å². The molecule has 2 fully saturated rings. The fourth-order valence-corrected chi connectivity index (χ4v) is 2.95. The van der Waals surface area contributed by atoms with Gasteiger partial charge in [-0.2, -0.15) is 0 Å². The van der Waals surface area contributed by atoms with Gasteiger partial charge in [-0.15, -0.1) is 0 Å². The molecule has 3 rings (SSSR count). The molecule has 0 radical (unpaired) electrons. The van der Waals surface area contributed by atoms with Crippen LogP contribution in [0.3, 0.4) is 0 Å². The van der Waals surface area contributed by atoms with Crippen molar-refractivity contribution in [3.8, 4) is 0 Å². The Hall–Kier alpha value is -1.35.